The molecule has 0 radical (unpaired) electrons. The zero-order valence-electron chi connectivity index (χ0n) is 14.8. The van der Waals surface area contributed by atoms with E-state index in [2.05, 4.69) is 22.1 Å². The first kappa shape index (κ1) is 18.6. The first-order valence-electron chi connectivity index (χ1n) is 8.66. The predicted molar refractivity (Wildman–Crippen MR) is 98.1 cm³/mol. The number of nitrogens with one attached hydrogen (secondary N) is 1. The third kappa shape index (κ3) is 4.06. The van der Waals surface area contributed by atoms with Crippen molar-refractivity contribution in [1.29, 1.82) is 0 Å². The molecular formula is C22H13F3N2O2. The van der Waals surface area contributed by atoms with Crippen LogP contribution in [0, 0.1) is 29.3 Å². The van der Waals surface area contributed by atoms with Gasteiger partial charge in [0.1, 0.15) is 29.2 Å². The molecule has 0 spiro atoms. The van der Waals surface area contributed by atoms with E-state index in [0.29, 0.717) is 17.0 Å². The van der Waals surface area contributed by atoms with E-state index in [0.717, 1.165) is 12.1 Å². The van der Waals surface area contributed by atoms with Gasteiger partial charge >= 0.3 is 6.09 Å². The lowest BCUT2D eigenvalue weighted by atomic mass is 9.99. The zero-order valence-corrected chi connectivity index (χ0v) is 14.8. The minimum Gasteiger partial charge on any atom is -0.439 e. The number of halogens is 3. The van der Waals surface area contributed by atoms with Gasteiger partial charge in [0.15, 0.2) is 6.10 Å². The second-order valence-electron chi connectivity index (χ2n) is 6.32. The van der Waals surface area contributed by atoms with Gasteiger partial charge in [0, 0.05) is 17.2 Å². The minimum absolute atomic E-state index is 0.0350. The molecule has 4 rings (SSSR count). The summed E-state index contributed by atoms with van der Waals surface area (Å²) in [5.74, 6) is 3.70. The maximum absolute atomic E-state index is 14.2. The number of carbonyl (C=O) groups excluding carboxylic acids is 1. The van der Waals surface area contributed by atoms with Gasteiger partial charge in [-0.3, -0.25) is 0 Å². The highest BCUT2D eigenvalue weighted by molar-refractivity contribution is 5.71. The summed E-state index contributed by atoms with van der Waals surface area (Å²) in [4.78, 5) is 16.2. The molecule has 1 aromatic heterocycles. The minimum atomic E-state index is -1.01. The van der Waals surface area contributed by atoms with E-state index in [-0.39, 0.29) is 5.56 Å². The summed E-state index contributed by atoms with van der Waals surface area (Å²) in [7, 11) is 0. The van der Waals surface area contributed by atoms with Gasteiger partial charge < -0.3 is 10.1 Å². The van der Waals surface area contributed by atoms with Crippen LogP contribution in [-0.4, -0.2) is 11.1 Å². The van der Waals surface area contributed by atoms with E-state index in [1.54, 1.807) is 30.3 Å². The molecule has 2 atom stereocenters. The van der Waals surface area contributed by atoms with E-state index in [4.69, 9.17) is 4.74 Å². The lowest BCUT2D eigenvalue weighted by Crippen LogP contribution is -2.21. The Hall–Kier alpha value is -3.79. The van der Waals surface area contributed by atoms with Crippen LogP contribution in [-0.2, 0) is 4.74 Å². The highest BCUT2D eigenvalue weighted by Crippen LogP contribution is 2.37. The van der Waals surface area contributed by atoms with Crippen LogP contribution >= 0.6 is 0 Å². The molecule has 1 aliphatic rings. The Balaban J connectivity index is 1.65. The highest BCUT2D eigenvalue weighted by atomic mass is 19.1. The van der Waals surface area contributed by atoms with E-state index in [9.17, 15) is 18.0 Å². The van der Waals surface area contributed by atoms with Gasteiger partial charge in [0.05, 0.1) is 5.69 Å². The summed E-state index contributed by atoms with van der Waals surface area (Å²) in [6.07, 6.45) is -1.75. The van der Waals surface area contributed by atoms with Crippen molar-refractivity contribution in [2.24, 2.45) is 0 Å². The average Bonchev–Trinajstić information content (AvgIpc) is 3.08. The zero-order chi connectivity index (χ0) is 20.4. The fourth-order valence-corrected chi connectivity index (χ4v) is 3.02. The number of amides is 1. The molecule has 1 saturated heterocycles. The number of nitrogens with zero attached hydrogens (tertiary/aromatic N) is 1. The van der Waals surface area contributed by atoms with Crippen LogP contribution in [0.2, 0.25) is 0 Å². The van der Waals surface area contributed by atoms with Crippen LogP contribution in [0.25, 0.3) is 0 Å². The quantitative estimate of drug-likeness (QED) is 0.655. The maximum atomic E-state index is 14.2. The Morgan fingerprint density at radius 3 is 2.52 bits per heavy atom. The number of ether oxygens (including phenoxy) is 1. The standard InChI is InChI=1S/C22H13F3N2O2/c23-14-4-1-3-13(11-14)7-9-16-5-2-6-19(26-16)20-21(29-22(28)27-20)17-10-8-15(24)12-18(17)25/h1-6,8,10-12,20-21H,(H,27,28)/t20-,21-/m0/s1. The molecule has 1 fully saturated rings. The lowest BCUT2D eigenvalue weighted by molar-refractivity contribution is 0.129. The molecule has 2 heterocycles. The monoisotopic (exact) mass is 394 g/mol. The van der Waals surface area contributed by atoms with Crippen molar-refractivity contribution in [3.8, 4) is 11.8 Å². The third-order valence-corrected chi connectivity index (χ3v) is 4.33. The van der Waals surface area contributed by atoms with Crippen molar-refractivity contribution < 1.29 is 22.7 Å². The second-order valence-corrected chi connectivity index (χ2v) is 6.32. The fourth-order valence-electron chi connectivity index (χ4n) is 3.02. The molecule has 7 heteroatoms. The highest BCUT2D eigenvalue weighted by Gasteiger charge is 2.38. The van der Waals surface area contributed by atoms with Crippen LogP contribution in [0.4, 0.5) is 18.0 Å². The van der Waals surface area contributed by atoms with Crippen molar-refractivity contribution >= 4 is 6.09 Å². The number of benzene rings is 2. The molecular weight excluding hydrogens is 381 g/mol. The Labute approximate surface area is 164 Å². The van der Waals surface area contributed by atoms with Gasteiger partial charge in [0.2, 0.25) is 0 Å². The molecule has 144 valence electrons. The smallest absolute Gasteiger partial charge is 0.408 e. The van der Waals surface area contributed by atoms with E-state index in [1.807, 2.05) is 0 Å². The average molecular weight is 394 g/mol. The Kier molecular flexibility index (Phi) is 4.92. The Morgan fingerprint density at radius 2 is 1.72 bits per heavy atom. The number of alkyl carbamates (subject to hydrolysis) is 1. The normalized spacial score (nSPS) is 17.8. The first-order chi connectivity index (χ1) is 14.0. The van der Waals surface area contributed by atoms with Crippen molar-refractivity contribution in [3.63, 3.8) is 0 Å². The van der Waals surface area contributed by atoms with E-state index < -0.39 is 35.7 Å². The summed E-state index contributed by atoms with van der Waals surface area (Å²) >= 11 is 0. The SMILES string of the molecule is O=C1N[C@@H](c2cccc(C#Cc3cccc(F)c3)n2)[C@H](c2ccc(F)cc2F)O1. The van der Waals surface area contributed by atoms with Gasteiger partial charge in [-0.15, -0.1) is 0 Å². The number of cyclic esters (lactones) is 1. The predicted octanol–water partition coefficient (Wildman–Crippen LogP) is 4.42. The van der Waals surface area contributed by atoms with Gasteiger partial charge in [-0.05, 0) is 48.4 Å². The van der Waals surface area contributed by atoms with Crippen molar-refractivity contribution in [1.82, 2.24) is 10.3 Å². The van der Waals surface area contributed by atoms with Crippen LogP contribution in [0.15, 0.2) is 60.7 Å². The molecule has 29 heavy (non-hydrogen) atoms. The molecule has 4 nitrogen and oxygen atoms in total. The molecule has 3 aromatic rings. The number of pyridine rings is 1. The number of carbonyl (C=O) groups is 1. The molecule has 0 bridgehead atoms. The molecule has 1 aliphatic heterocycles. The van der Waals surface area contributed by atoms with Gasteiger partial charge in [-0.2, -0.15) is 0 Å². The summed E-state index contributed by atoms with van der Waals surface area (Å²) in [6.45, 7) is 0. The molecule has 0 aliphatic carbocycles. The van der Waals surface area contributed by atoms with Crippen molar-refractivity contribution in [2.45, 2.75) is 12.1 Å². The fraction of sp³-hybridized carbons (Fsp3) is 0.0909. The number of aromatic nitrogens is 1. The van der Waals surface area contributed by atoms with E-state index in [1.165, 1.54) is 18.2 Å². The summed E-state index contributed by atoms with van der Waals surface area (Å²) in [5, 5.41) is 2.59. The molecule has 1 amide bonds. The van der Waals surface area contributed by atoms with Gasteiger partial charge in [0.25, 0.3) is 0 Å². The van der Waals surface area contributed by atoms with E-state index >= 15 is 0 Å². The molecule has 2 aromatic carbocycles. The van der Waals surface area contributed by atoms with Crippen molar-refractivity contribution in [2.75, 3.05) is 0 Å². The molecule has 1 N–H and O–H groups in total. The summed E-state index contributed by atoms with van der Waals surface area (Å²) in [5.41, 5.74) is 1.30. The van der Waals surface area contributed by atoms with Crippen LogP contribution < -0.4 is 5.32 Å². The largest absolute Gasteiger partial charge is 0.439 e. The number of hydrogen-bond donors (Lipinski definition) is 1. The van der Waals surface area contributed by atoms with Gasteiger partial charge in [-0.1, -0.05) is 18.1 Å². The maximum Gasteiger partial charge on any atom is 0.408 e. The Bertz CT molecular complexity index is 1150. The molecule has 0 saturated carbocycles. The number of rotatable bonds is 2. The Morgan fingerprint density at radius 1 is 0.931 bits per heavy atom. The van der Waals surface area contributed by atoms with Crippen LogP contribution in [0.1, 0.15) is 34.7 Å². The van der Waals surface area contributed by atoms with Crippen LogP contribution in [0.5, 0.6) is 0 Å². The first-order valence-corrected chi connectivity index (χ1v) is 8.66. The summed E-state index contributed by atoms with van der Waals surface area (Å²) < 4.78 is 45.9. The topological polar surface area (TPSA) is 51.2 Å². The molecule has 0 unspecified atom stereocenters. The number of hydrogen-bond acceptors (Lipinski definition) is 3. The van der Waals surface area contributed by atoms with Crippen molar-refractivity contribution in [3.05, 3.63) is 101 Å². The van der Waals surface area contributed by atoms with Gasteiger partial charge in [-0.25, -0.2) is 22.9 Å². The van der Waals surface area contributed by atoms with Crippen LogP contribution in [0.3, 0.4) is 0 Å². The summed E-state index contributed by atoms with van der Waals surface area (Å²) in [6, 6.07) is 13.1. The lowest BCUT2D eigenvalue weighted by Gasteiger charge is -2.17. The third-order valence-electron chi connectivity index (χ3n) is 4.33. The second kappa shape index (κ2) is 7.68.